The molecule has 7 nitrogen and oxygen atoms in total. The first kappa shape index (κ1) is 18.4. The Morgan fingerprint density at radius 3 is 2.50 bits per heavy atom. The van der Waals surface area contributed by atoms with Gasteiger partial charge in [0.05, 0.1) is 12.7 Å². The fourth-order valence-corrected chi connectivity index (χ4v) is 2.54. The Morgan fingerprint density at radius 2 is 1.92 bits per heavy atom. The van der Waals surface area contributed by atoms with Gasteiger partial charge in [-0.1, -0.05) is 0 Å². The Bertz CT molecular complexity index is 622. The molecule has 0 bridgehead atoms. The highest BCUT2D eigenvalue weighted by Crippen LogP contribution is 2.26. The van der Waals surface area contributed by atoms with Gasteiger partial charge in [0, 0.05) is 36.4 Å². The molecule has 0 aliphatic heterocycles. The lowest BCUT2D eigenvalue weighted by Gasteiger charge is -2.18. The van der Waals surface area contributed by atoms with E-state index in [0.717, 1.165) is 0 Å². The Balaban J connectivity index is 2.20. The summed E-state index contributed by atoms with van der Waals surface area (Å²) in [6.07, 6.45) is 0.504. The zero-order valence-corrected chi connectivity index (χ0v) is 15.0. The smallest absolute Gasteiger partial charge is 0.217 e. The second-order valence-corrected chi connectivity index (χ2v) is 6.41. The van der Waals surface area contributed by atoms with Crippen LogP contribution in [0.2, 0.25) is 0 Å². The molecule has 0 aliphatic carbocycles. The van der Waals surface area contributed by atoms with Crippen molar-refractivity contribution in [3.63, 3.8) is 0 Å². The van der Waals surface area contributed by atoms with Crippen LogP contribution < -0.4 is 14.8 Å². The lowest BCUT2D eigenvalue weighted by atomic mass is 10.2. The molecule has 2 unspecified atom stereocenters. The SMILES string of the molecule is COCC(C)Oc1cc(C(O)Nc2nccs2)cc(OC(C)C)n1. The van der Waals surface area contributed by atoms with E-state index in [2.05, 4.69) is 15.3 Å². The van der Waals surface area contributed by atoms with E-state index in [4.69, 9.17) is 14.2 Å². The number of aliphatic hydroxyl groups excluding tert-OH is 1. The van der Waals surface area contributed by atoms with Gasteiger partial charge in [-0.05, 0) is 20.8 Å². The summed E-state index contributed by atoms with van der Waals surface area (Å²) in [5.41, 5.74) is 0.579. The molecule has 0 fully saturated rings. The van der Waals surface area contributed by atoms with Gasteiger partial charge in [0.2, 0.25) is 11.8 Å². The topological polar surface area (TPSA) is 85.7 Å². The molecule has 2 N–H and O–H groups in total. The lowest BCUT2D eigenvalue weighted by molar-refractivity contribution is 0.0876. The predicted molar refractivity (Wildman–Crippen MR) is 92.7 cm³/mol. The Kier molecular flexibility index (Phi) is 6.77. The molecule has 2 atom stereocenters. The first-order chi connectivity index (χ1) is 11.5. The van der Waals surface area contributed by atoms with Crippen LogP contribution in [0.3, 0.4) is 0 Å². The highest BCUT2D eigenvalue weighted by atomic mass is 32.1. The number of aromatic nitrogens is 2. The van der Waals surface area contributed by atoms with E-state index in [1.54, 1.807) is 25.4 Å². The van der Waals surface area contributed by atoms with Gasteiger partial charge < -0.3 is 24.6 Å². The van der Waals surface area contributed by atoms with E-state index >= 15 is 0 Å². The quantitative estimate of drug-likeness (QED) is 0.670. The van der Waals surface area contributed by atoms with E-state index in [1.807, 2.05) is 26.2 Å². The summed E-state index contributed by atoms with van der Waals surface area (Å²) in [6, 6.07) is 3.35. The van der Waals surface area contributed by atoms with Crippen LogP contribution in [0.1, 0.15) is 32.6 Å². The molecule has 0 radical (unpaired) electrons. The van der Waals surface area contributed by atoms with E-state index in [1.165, 1.54) is 11.3 Å². The normalized spacial score (nSPS) is 13.6. The molecule has 0 saturated heterocycles. The van der Waals surface area contributed by atoms with Crippen LogP contribution in [-0.4, -0.2) is 41.0 Å². The van der Waals surface area contributed by atoms with Crippen LogP contribution in [0.4, 0.5) is 5.13 Å². The van der Waals surface area contributed by atoms with E-state index in [0.29, 0.717) is 29.1 Å². The molecule has 132 valence electrons. The summed E-state index contributed by atoms with van der Waals surface area (Å²) >= 11 is 1.41. The molecular formula is C16H23N3O4S. The van der Waals surface area contributed by atoms with Crippen LogP contribution in [0.15, 0.2) is 23.7 Å². The molecule has 8 heteroatoms. The number of nitrogens with one attached hydrogen (secondary N) is 1. The van der Waals surface area contributed by atoms with Crippen molar-refractivity contribution in [2.45, 2.75) is 39.2 Å². The van der Waals surface area contributed by atoms with E-state index in [-0.39, 0.29) is 12.2 Å². The third-order valence-corrected chi connectivity index (χ3v) is 3.59. The second-order valence-electron chi connectivity index (χ2n) is 5.51. The molecule has 2 rings (SSSR count). The fraction of sp³-hybridized carbons (Fsp3) is 0.500. The standard InChI is InChI=1S/C16H23N3O4S/c1-10(2)22-13-7-12(15(20)19-16-17-5-6-24-16)8-14(18-13)23-11(3)9-21-4/h5-8,10-11,15,20H,9H2,1-4H3,(H,17,19). The fourth-order valence-electron chi connectivity index (χ4n) is 1.99. The minimum Gasteiger partial charge on any atom is -0.475 e. The summed E-state index contributed by atoms with van der Waals surface area (Å²) in [7, 11) is 1.61. The Hall–Kier alpha value is -1.90. The average Bonchev–Trinajstić information content (AvgIpc) is 2.99. The maximum Gasteiger partial charge on any atom is 0.217 e. The summed E-state index contributed by atoms with van der Waals surface area (Å²) in [5.74, 6) is 0.759. The third kappa shape index (κ3) is 5.63. The molecule has 0 aromatic carbocycles. The number of anilines is 1. The highest BCUT2D eigenvalue weighted by molar-refractivity contribution is 7.13. The monoisotopic (exact) mass is 353 g/mol. The van der Waals surface area contributed by atoms with Crippen LogP contribution in [0.25, 0.3) is 0 Å². The Labute approximate surface area is 145 Å². The number of nitrogens with zero attached hydrogens (tertiary/aromatic N) is 2. The Morgan fingerprint density at radius 1 is 1.21 bits per heavy atom. The molecule has 24 heavy (non-hydrogen) atoms. The number of hydrogen-bond donors (Lipinski definition) is 2. The lowest BCUT2D eigenvalue weighted by Crippen LogP contribution is -2.19. The van der Waals surface area contributed by atoms with Gasteiger partial charge in [0.1, 0.15) is 6.10 Å². The van der Waals surface area contributed by atoms with Crippen molar-refractivity contribution in [2.24, 2.45) is 0 Å². The van der Waals surface area contributed by atoms with Crippen LogP contribution in [0.5, 0.6) is 11.8 Å². The van der Waals surface area contributed by atoms with Crippen molar-refractivity contribution in [1.82, 2.24) is 9.97 Å². The minimum absolute atomic E-state index is 0.0407. The van der Waals surface area contributed by atoms with Gasteiger partial charge in [0.25, 0.3) is 0 Å². The van der Waals surface area contributed by atoms with Crippen molar-refractivity contribution >= 4 is 16.5 Å². The van der Waals surface area contributed by atoms with Crippen molar-refractivity contribution < 1.29 is 19.3 Å². The van der Waals surface area contributed by atoms with Crippen LogP contribution >= 0.6 is 11.3 Å². The molecule has 2 aromatic rings. The summed E-state index contributed by atoms with van der Waals surface area (Å²) in [4.78, 5) is 8.42. The first-order valence-corrected chi connectivity index (χ1v) is 8.54. The van der Waals surface area contributed by atoms with Gasteiger partial charge in [-0.2, -0.15) is 4.98 Å². The number of ether oxygens (including phenoxy) is 3. The zero-order chi connectivity index (χ0) is 17.5. The second kappa shape index (κ2) is 8.81. The molecule has 0 amide bonds. The van der Waals surface area contributed by atoms with Gasteiger partial charge in [-0.25, -0.2) is 4.98 Å². The molecule has 0 aliphatic rings. The van der Waals surface area contributed by atoms with Gasteiger partial charge in [-0.15, -0.1) is 11.3 Å². The van der Waals surface area contributed by atoms with Crippen LogP contribution in [0, 0.1) is 0 Å². The van der Waals surface area contributed by atoms with Crippen molar-refractivity contribution in [2.75, 3.05) is 19.0 Å². The van der Waals surface area contributed by atoms with Gasteiger partial charge in [0.15, 0.2) is 11.4 Å². The van der Waals surface area contributed by atoms with Gasteiger partial charge in [-0.3, -0.25) is 0 Å². The van der Waals surface area contributed by atoms with Crippen molar-refractivity contribution in [1.29, 1.82) is 0 Å². The maximum absolute atomic E-state index is 10.4. The number of aliphatic hydroxyl groups is 1. The highest BCUT2D eigenvalue weighted by Gasteiger charge is 2.15. The number of methoxy groups -OCH3 is 1. The zero-order valence-electron chi connectivity index (χ0n) is 14.2. The molecule has 0 saturated carbocycles. The molecule has 0 spiro atoms. The number of thiazole rings is 1. The third-order valence-electron chi connectivity index (χ3n) is 2.89. The summed E-state index contributed by atoms with van der Waals surface area (Å²) in [6.45, 7) is 6.14. The van der Waals surface area contributed by atoms with E-state index < -0.39 is 6.23 Å². The summed E-state index contributed by atoms with van der Waals surface area (Å²) < 4.78 is 16.4. The number of hydrogen-bond acceptors (Lipinski definition) is 8. The van der Waals surface area contributed by atoms with Crippen molar-refractivity contribution in [3.05, 3.63) is 29.3 Å². The molecule has 2 heterocycles. The average molecular weight is 353 g/mol. The van der Waals surface area contributed by atoms with Crippen molar-refractivity contribution in [3.8, 4) is 11.8 Å². The number of rotatable bonds is 9. The largest absolute Gasteiger partial charge is 0.475 e. The van der Waals surface area contributed by atoms with Crippen LogP contribution in [-0.2, 0) is 4.74 Å². The van der Waals surface area contributed by atoms with E-state index in [9.17, 15) is 5.11 Å². The maximum atomic E-state index is 10.4. The first-order valence-electron chi connectivity index (χ1n) is 7.66. The number of pyridine rings is 1. The minimum atomic E-state index is -0.950. The van der Waals surface area contributed by atoms with Gasteiger partial charge >= 0.3 is 0 Å². The predicted octanol–water partition coefficient (Wildman–Crippen LogP) is 2.84. The summed E-state index contributed by atoms with van der Waals surface area (Å²) in [5, 5.41) is 15.8. The molecule has 2 aromatic heterocycles. The molecular weight excluding hydrogens is 330 g/mol.